The van der Waals surface area contributed by atoms with Gasteiger partial charge in [-0.25, -0.2) is 0 Å². The Bertz CT molecular complexity index is 242. The van der Waals surface area contributed by atoms with Crippen molar-refractivity contribution in [1.82, 2.24) is 10.2 Å². The van der Waals surface area contributed by atoms with Gasteiger partial charge in [0.05, 0.1) is 0 Å². The predicted molar refractivity (Wildman–Crippen MR) is 76.8 cm³/mol. The first-order valence-corrected chi connectivity index (χ1v) is 8.32. The zero-order chi connectivity index (χ0) is 12.3. The normalized spacial score (nSPS) is 29.3. The SMILES string of the molecule is C1CCN(CCNC2CCC3(CCCC3)CC2)C1. The van der Waals surface area contributed by atoms with Crippen LogP contribution in [0.5, 0.6) is 0 Å². The largest absolute Gasteiger partial charge is 0.313 e. The Kier molecular flexibility index (Phi) is 4.25. The Labute approximate surface area is 113 Å². The van der Waals surface area contributed by atoms with Crippen LogP contribution in [0.1, 0.15) is 64.2 Å². The highest BCUT2D eigenvalue weighted by Crippen LogP contribution is 2.48. The quantitative estimate of drug-likeness (QED) is 0.824. The molecular weight excluding hydrogens is 220 g/mol. The molecule has 0 amide bonds. The zero-order valence-corrected chi connectivity index (χ0v) is 11.9. The van der Waals surface area contributed by atoms with E-state index < -0.39 is 0 Å². The minimum Gasteiger partial charge on any atom is -0.313 e. The number of nitrogens with one attached hydrogen (secondary N) is 1. The highest BCUT2D eigenvalue weighted by atomic mass is 15.2. The van der Waals surface area contributed by atoms with Gasteiger partial charge in [-0.2, -0.15) is 0 Å². The Hall–Kier alpha value is -0.0800. The molecule has 3 rings (SSSR count). The van der Waals surface area contributed by atoms with E-state index in [4.69, 9.17) is 0 Å². The molecule has 3 aliphatic rings. The molecule has 0 atom stereocenters. The van der Waals surface area contributed by atoms with Crippen molar-refractivity contribution in [3.8, 4) is 0 Å². The molecular formula is C16H30N2. The summed E-state index contributed by atoms with van der Waals surface area (Å²) in [6.45, 7) is 5.18. The fourth-order valence-corrected chi connectivity index (χ4v) is 4.49. The van der Waals surface area contributed by atoms with Crippen molar-refractivity contribution in [2.24, 2.45) is 5.41 Å². The lowest BCUT2D eigenvalue weighted by Crippen LogP contribution is -2.40. The fourth-order valence-electron chi connectivity index (χ4n) is 4.49. The molecule has 1 N–H and O–H groups in total. The van der Waals surface area contributed by atoms with Gasteiger partial charge in [-0.1, -0.05) is 12.8 Å². The topological polar surface area (TPSA) is 15.3 Å². The van der Waals surface area contributed by atoms with E-state index in [1.54, 1.807) is 0 Å². The van der Waals surface area contributed by atoms with Crippen molar-refractivity contribution in [3.63, 3.8) is 0 Å². The summed E-state index contributed by atoms with van der Waals surface area (Å²) in [4.78, 5) is 2.62. The number of nitrogens with zero attached hydrogens (tertiary/aromatic N) is 1. The Balaban J connectivity index is 1.32. The van der Waals surface area contributed by atoms with E-state index in [0.717, 1.165) is 11.5 Å². The van der Waals surface area contributed by atoms with Crippen molar-refractivity contribution < 1.29 is 0 Å². The van der Waals surface area contributed by atoms with Crippen molar-refractivity contribution >= 4 is 0 Å². The van der Waals surface area contributed by atoms with Gasteiger partial charge >= 0.3 is 0 Å². The van der Waals surface area contributed by atoms with Gasteiger partial charge in [0, 0.05) is 19.1 Å². The molecule has 0 aromatic carbocycles. The van der Waals surface area contributed by atoms with Crippen LogP contribution in [0.4, 0.5) is 0 Å². The van der Waals surface area contributed by atoms with Crippen molar-refractivity contribution in [1.29, 1.82) is 0 Å². The van der Waals surface area contributed by atoms with Gasteiger partial charge in [-0.05, 0) is 69.9 Å². The lowest BCUT2D eigenvalue weighted by Gasteiger charge is -2.37. The zero-order valence-electron chi connectivity index (χ0n) is 11.9. The number of rotatable bonds is 4. The second-order valence-electron chi connectivity index (χ2n) is 6.98. The Morgan fingerprint density at radius 1 is 0.889 bits per heavy atom. The maximum Gasteiger partial charge on any atom is 0.0107 e. The molecule has 0 aromatic rings. The van der Waals surface area contributed by atoms with E-state index in [0.29, 0.717) is 0 Å². The summed E-state index contributed by atoms with van der Waals surface area (Å²) >= 11 is 0. The van der Waals surface area contributed by atoms with Crippen LogP contribution in [0.2, 0.25) is 0 Å². The molecule has 18 heavy (non-hydrogen) atoms. The summed E-state index contributed by atoms with van der Waals surface area (Å²) in [5.41, 5.74) is 0.799. The molecule has 0 unspecified atom stereocenters. The molecule has 2 nitrogen and oxygen atoms in total. The molecule has 0 radical (unpaired) electrons. The number of hydrogen-bond acceptors (Lipinski definition) is 2. The van der Waals surface area contributed by atoms with Gasteiger partial charge < -0.3 is 10.2 Å². The third-order valence-corrected chi connectivity index (χ3v) is 5.77. The van der Waals surface area contributed by atoms with Crippen LogP contribution in [-0.2, 0) is 0 Å². The summed E-state index contributed by atoms with van der Waals surface area (Å²) in [6, 6.07) is 0.832. The lowest BCUT2D eigenvalue weighted by molar-refractivity contribution is 0.166. The van der Waals surface area contributed by atoms with Crippen LogP contribution in [0.25, 0.3) is 0 Å². The van der Waals surface area contributed by atoms with E-state index in [9.17, 15) is 0 Å². The maximum atomic E-state index is 3.81. The molecule has 1 spiro atoms. The van der Waals surface area contributed by atoms with Gasteiger partial charge in [0.15, 0.2) is 0 Å². The standard InChI is InChI=1S/C16H30N2/c1-2-8-16(7-1)9-5-15(6-10-16)17-11-14-18-12-3-4-13-18/h15,17H,1-14H2. The molecule has 1 heterocycles. The summed E-state index contributed by atoms with van der Waals surface area (Å²) in [5.74, 6) is 0. The van der Waals surface area contributed by atoms with E-state index in [2.05, 4.69) is 10.2 Å². The second-order valence-corrected chi connectivity index (χ2v) is 6.98. The smallest absolute Gasteiger partial charge is 0.0107 e. The highest BCUT2D eigenvalue weighted by Gasteiger charge is 2.37. The third-order valence-electron chi connectivity index (χ3n) is 5.77. The third kappa shape index (κ3) is 3.08. The van der Waals surface area contributed by atoms with Crippen molar-refractivity contribution in [2.45, 2.75) is 70.3 Å². The first kappa shape index (κ1) is 12.9. The van der Waals surface area contributed by atoms with Crippen LogP contribution in [0, 0.1) is 5.41 Å². The molecule has 2 saturated carbocycles. The second kappa shape index (κ2) is 5.92. The van der Waals surface area contributed by atoms with Gasteiger partial charge in [0.1, 0.15) is 0 Å². The maximum absolute atomic E-state index is 3.81. The monoisotopic (exact) mass is 250 g/mol. The first-order chi connectivity index (χ1) is 8.86. The average molecular weight is 250 g/mol. The Morgan fingerprint density at radius 3 is 2.22 bits per heavy atom. The molecule has 0 aromatic heterocycles. The summed E-state index contributed by atoms with van der Waals surface area (Å²) in [6.07, 6.45) is 14.8. The van der Waals surface area contributed by atoms with E-state index in [1.807, 2.05) is 0 Å². The summed E-state index contributed by atoms with van der Waals surface area (Å²) in [7, 11) is 0. The number of hydrogen-bond donors (Lipinski definition) is 1. The van der Waals surface area contributed by atoms with Gasteiger partial charge in [0.2, 0.25) is 0 Å². The van der Waals surface area contributed by atoms with Crippen LogP contribution < -0.4 is 5.32 Å². The predicted octanol–water partition coefficient (Wildman–Crippen LogP) is 3.17. The van der Waals surface area contributed by atoms with Crippen LogP contribution in [0.3, 0.4) is 0 Å². The van der Waals surface area contributed by atoms with E-state index in [-0.39, 0.29) is 0 Å². The molecule has 0 bridgehead atoms. The lowest BCUT2D eigenvalue weighted by atomic mass is 9.71. The minimum atomic E-state index is 0.799. The average Bonchev–Trinajstić information content (AvgIpc) is 3.04. The molecule has 1 aliphatic heterocycles. The molecule has 1 saturated heterocycles. The van der Waals surface area contributed by atoms with Crippen molar-refractivity contribution in [2.75, 3.05) is 26.2 Å². The van der Waals surface area contributed by atoms with Crippen LogP contribution in [0.15, 0.2) is 0 Å². The highest BCUT2D eigenvalue weighted by molar-refractivity contribution is 4.91. The minimum absolute atomic E-state index is 0.799. The fraction of sp³-hybridized carbons (Fsp3) is 1.00. The van der Waals surface area contributed by atoms with Crippen molar-refractivity contribution in [3.05, 3.63) is 0 Å². The molecule has 3 fully saturated rings. The van der Waals surface area contributed by atoms with Crippen LogP contribution in [-0.4, -0.2) is 37.1 Å². The van der Waals surface area contributed by atoms with Gasteiger partial charge in [-0.3, -0.25) is 0 Å². The van der Waals surface area contributed by atoms with E-state index in [1.165, 1.54) is 90.4 Å². The molecule has 104 valence electrons. The summed E-state index contributed by atoms with van der Waals surface area (Å²) in [5, 5.41) is 3.81. The molecule has 2 aliphatic carbocycles. The molecule has 2 heteroatoms. The van der Waals surface area contributed by atoms with Crippen LogP contribution >= 0.6 is 0 Å². The van der Waals surface area contributed by atoms with E-state index >= 15 is 0 Å². The number of likely N-dealkylation sites (tertiary alicyclic amines) is 1. The summed E-state index contributed by atoms with van der Waals surface area (Å²) < 4.78 is 0. The first-order valence-electron chi connectivity index (χ1n) is 8.32. The van der Waals surface area contributed by atoms with Gasteiger partial charge in [-0.15, -0.1) is 0 Å². The van der Waals surface area contributed by atoms with Gasteiger partial charge in [0.25, 0.3) is 0 Å². The Morgan fingerprint density at radius 2 is 1.56 bits per heavy atom.